The molecule has 0 saturated carbocycles. The van der Waals surface area contributed by atoms with Crippen LogP contribution in [0.3, 0.4) is 0 Å². The van der Waals surface area contributed by atoms with Crippen LogP contribution in [0.25, 0.3) is 0 Å². The van der Waals surface area contributed by atoms with Gasteiger partial charge in [-0.2, -0.15) is 0 Å². The molecule has 6 nitrogen and oxygen atoms in total. The van der Waals surface area contributed by atoms with Gasteiger partial charge in [0.05, 0.1) is 24.4 Å². The number of aliphatic hydroxyl groups is 2. The average Bonchev–Trinajstić information content (AvgIpc) is 3.06. The van der Waals surface area contributed by atoms with Gasteiger partial charge in [-0.05, 0) is 51.4 Å². The number of hydrogen-bond donors (Lipinski definition) is 3. The van der Waals surface area contributed by atoms with Crippen molar-refractivity contribution in [3.05, 3.63) is 29.8 Å². The number of aliphatic hydroxyl groups excluding tert-OH is 2. The normalized spacial score (nSPS) is 19.3. The molecule has 1 aromatic rings. The SMILES string of the molecule is CN(S)[C@H](CN1CC[C@H](OC(C)(C)CCO)C1)c1ccc(OCCCO)cc1. The van der Waals surface area contributed by atoms with Gasteiger partial charge in [0, 0.05) is 39.3 Å². The van der Waals surface area contributed by atoms with E-state index in [9.17, 15) is 5.11 Å². The van der Waals surface area contributed by atoms with Crippen molar-refractivity contribution in [1.29, 1.82) is 0 Å². The summed E-state index contributed by atoms with van der Waals surface area (Å²) >= 11 is 4.58. The number of thiol groups is 1. The number of rotatable bonds is 12. The lowest BCUT2D eigenvalue weighted by Gasteiger charge is -2.30. The van der Waals surface area contributed by atoms with Crippen LogP contribution in [0.15, 0.2) is 24.3 Å². The third kappa shape index (κ3) is 7.54. The Kier molecular flexibility index (Phi) is 9.53. The maximum Gasteiger partial charge on any atom is 0.119 e. The largest absolute Gasteiger partial charge is 0.494 e. The molecule has 2 N–H and O–H groups in total. The summed E-state index contributed by atoms with van der Waals surface area (Å²) in [4.78, 5) is 2.42. The number of hydrogen-bond acceptors (Lipinski definition) is 7. The zero-order chi connectivity index (χ0) is 20.6. The van der Waals surface area contributed by atoms with E-state index in [1.807, 2.05) is 37.3 Å². The lowest BCUT2D eigenvalue weighted by molar-refractivity contribution is -0.0770. The highest BCUT2D eigenvalue weighted by atomic mass is 32.1. The maximum absolute atomic E-state index is 9.19. The summed E-state index contributed by atoms with van der Waals surface area (Å²) in [6.45, 7) is 7.67. The molecule has 0 amide bonds. The molecule has 1 heterocycles. The molecule has 0 bridgehead atoms. The molecule has 7 heteroatoms. The van der Waals surface area contributed by atoms with Gasteiger partial charge in [0.25, 0.3) is 0 Å². The van der Waals surface area contributed by atoms with E-state index >= 15 is 0 Å². The highest BCUT2D eigenvalue weighted by molar-refractivity contribution is 7.77. The Bertz CT molecular complexity index is 568. The van der Waals surface area contributed by atoms with E-state index in [2.05, 4.69) is 29.8 Å². The molecule has 2 rings (SSSR count). The van der Waals surface area contributed by atoms with Crippen molar-refractivity contribution in [2.24, 2.45) is 0 Å². The zero-order valence-corrected chi connectivity index (χ0v) is 18.3. The number of ether oxygens (including phenoxy) is 2. The Balaban J connectivity index is 1.91. The van der Waals surface area contributed by atoms with E-state index in [0.29, 0.717) is 19.4 Å². The number of nitrogens with zero attached hydrogens (tertiary/aromatic N) is 2. The van der Waals surface area contributed by atoms with Crippen LogP contribution in [0.4, 0.5) is 0 Å². The van der Waals surface area contributed by atoms with Gasteiger partial charge in [0.2, 0.25) is 0 Å². The molecule has 0 radical (unpaired) electrons. The quantitative estimate of drug-likeness (QED) is 0.362. The molecule has 1 aromatic carbocycles. The fourth-order valence-corrected chi connectivity index (χ4v) is 3.77. The molecular formula is C21H36N2O4S. The van der Waals surface area contributed by atoms with Crippen LogP contribution in [0, 0.1) is 0 Å². The topological polar surface area (TPSA) is 65.4 Å². The van der Waals surface area contributed by atoms with Crippen LogP contribution in [0.2, 0.25) is 0 Å². The molecule has 1 saturated heterocycles. The first-order valence-electron chi connectivity index (χ1n) is 10.1. The standard InChI is InChI=1S/C21H36N2O4S/c1-21(2,10-13-25)27-19-9-11-23(15-19)16-20(22(3)28)17-5-7-18(8-6-17)26-14-4-12-24/h5-8,19-20,24-25,28H,4,9-16H2,1-3H3/t19-,20+/m0/s1. The van der Waals surface area contributed by atoms with Gasteiger partial charge >= 0.3 is 0 Å². The number of likely N-dealkylation sites (N-methyl/N-ethyl adjacent to an activating group) is 1. The van der Waals surface area contributed by atoms with Gasteiger partial charge in [-0.25, -0.2) is 4.31 Å². The van der Waals surface area contributed by atoms with Crippen LogP contribution in [0.5, 0.6) is 5.75 Å². The molecule has 1 aliphatic heterocycles. The van der Waals surface area contributed by atoms with E-state index in [1.54, 1.807) is 0 Å². The van der Waals surface area contributed by atoms with Crippen LogP contribution < -0.4 is 4.74 Å². The summed E-state index contributed by atoms with van der Waals surface area (Å²) in [5.41, 5.74) is 0.901. The monoisotopic (exact) mass is 412 g/mol. The van der Waals surface area contributed by atoms with Crippen LogP contribution >= 0.6 is 12.8 Å². The van der Waals surface area contributed by atoms with Gasteiger partial charge in [-0.15, -0.1) is 0 Å². The highest BCUT2D eigenvalue weighted by Crippen LogP contribution is 2.28. The fourth-order valence-electron chi connectivity index (χ4n) is 3.56. The summed E-state index contributed by atoms with van der Waals surface area (Å²) in [5, 5.41) is 18.0. The van der Waals surface area contributed by atoms with Crippen molar-refractivity contribution >= 4 is 12.8 Å². The smallest absolute Gasteiger partial charge is 0.119 e. The van der Waals surface area contributed by atoms with Gasteiger partial charge in [0.1, 0.15) is 5.75 Å². The van der Waals surface area contributed by atoms with Crippen LogP contribution in [0.1, 0.15) is 44.7 Å². The molecule has 1 fully saturated rings. The Labute approximate surface area is 175 Å². The summed E-state index contributed by atoms with van der Waals surface area (Å²) in [5.74, 6) is 0.818. The predicted molar refractivity (Wildman–Crippen MR) is 115 cm³/mol. The molecule has 0 spiro atoms. The Hall–Kier alpha value is -0.830. The van der Waals surface area contributed by atoms with Crippen molar-refractivity contribution in [2.45, 2.75) is 50.9 Å². The summed E-state index contributed by atoms with van der Waals surface area (Å²) in [6, 6.07) is 8.29. The van der Waals surface area contributed by atoms with Crippen molar-refractivity contribution in [3.8, 4) is 5.75 Å². The summed E-state index contributed by atoms with van der Waals surface area (Å²) in [7, 11) is 1.98. The Morgan fingerprint density at radius 3 is 2.57 bits per heavy atom. The first-order valence-corrected chi connectivity index (χ1v) is 10.5. The molecule has 0 unspecified atom stereocenters. The van der Waals surface area contributed by atoms with Crippen molar-refractivity contribution in [3.63, 3.8) is 0 Å². The molecule has 1 aliphatic rings. The van der Waals surface area contributed by atoms with E-state index in [-0.39, 0.29) is 31.0 Å². The van der Waals surface area contributed by atoms with E-state index < -0.39 is 0 Å². The molecule has 160 valence electrons. The highest BCUT2D eigenvalue weighted by Gasteiger charge is 2.31. The second-order valence-electron chi connectivity index (χ2n) is 8.11. The molecule has 2 atom stereocenters. The third-order valence-electron chi connectivity index (χ3n) is 5.15. The van der Waals surface area contributed by atoms with Crippen molar-refractivity contribution in [1.82, 2.24) is 9.21 Å². The molecular weight excluding hydrogens is 376 g/mol. The molecule has 0 aromatic heterocycles. The second kappa shape index (κ2) is 11.4. The average molecular weight is 413 g/mol. The number of likely N-dealkylation sites (tertiary alicyclic amines) is 1. The minimum atomic E-state index is -0.291. The van der Waals surface area contributed by atoms with E-state index in [0.717, 1.165) is 31.8 Å². The van der Waals surface area contributed by atoms with Gasteiger partial charge in [0.15, 0.2) is 0 Å². The minimum absolute atomic E-state index is 0.141. The minimum Gasteiger partial charge on any atom is -0.494 e. The zero-order valence-electron chi connectivity index (χ0n) is 17.4. The molecule has 0 aliphatic carbocycles. The predicted octanol–water partition coefficient (Wildman–Crippen LogP) is 2.52. The Morgan fingerprint density at radius 1 is 1.25 bits per heavy atom. The van der Waals surface area contributed by atoms with Crippen molar-refractivity contribution in [2.75, 3.05) is 46.5 Å². The fraction of sp³-hybridized carbons (Fsp3) is 0.714. The number of benzene rings is 1. The maximum atomic E-state index is 9.19. The lowest BCUT2D eigenvalue weighted by Crippen LogP contribution is -2.35. The Morgan fingerprint density at radius 2 is 1.96 bits per heavy atom. The van der Waals surface area contributed by atoms with E-state index in [1.165, 1.54) is 5.56 Å². The third-order valence-corrected chi connectivity index (χ3v) is 5.43. The van der Waals surface area contributed by atoms with Crippen LogP contribution in [-0.4, -0.2) is 77.6 Å². The van der Waals surface area contributed by atoms with E-state index in [4.69, 9.17) is 14.6 Å². The summed E-state index contributed by atoms with van der Waals surface area (Å²) < 4.78 is 13.8. The van der Waals surface area contributed by atoms with Gasteiger partial charge in [-0.3, -0.25) is 4.90 Å². The summed E-state index contributed by atoms with van der Waals surface area (Å²) in [6.07, 6.45) is 2.50. The first-order chi connectivity index (χ1) is 13.3. The van der Waals surface area contributed by atoms with Gasteiger partial charge in [-0.1, -0.05) is 24.9 Å². The van der Waals surface area contributed by atoms with Gasteiger partial charge < -0.3 is 19.7 Å². The second-order valence-corrected chi connectivity index (χ2v) is 8.74. The lowest BCUT2D eigenvalue weighted by atomic mass is 10.1. The molecule has 28 heavy (non-hydrogen) atoms. The van der Waals surface area contributed by atoms with Crippen molar-refractivity contribution < 1.29 is 19.7 Å². The van der Waals surface area contributed by atoms with Crippen LogP contribution in [-0.2, 0) is 4.74 Å². The first kappa shape index (κ1) is 23.4.